The lowest BCUT2D eigenvalue weighted by molar-refractivity contribution is 0.102. The van der Waals surface area contributed by atoms with E-state index >= 15 is 0 Å². The van der Waals surface area contributed by atoms with Gasteiger partial charge in [-0.25, -0.2) is 16.8 Å². The van der Waals surface area contributed by atoms with E-state index in [1.165, 1.54) is 52.8 Å². The molecule has 1 N–H and O–H groups in total. The van der Waals surface area contributed by atoms with Gasteiger partial charge < -0.3 is 4.42 Å². The van der Waals surface area contributed by atoms with Crippen LogP contribution in [0.5, 0.6) is 0 Å². The number of para-hydroxylation sites is 1. The second-order valence-electron chi connectivity index (χ2n) is 7.69. The molecule has 12 heteroatoms. The Balaban J connectivity index is 1.48. The van der Waals surface area contributed by atoms with E-state index in [1.807, 2.05) is 0 Å². The van der Waals surface area contributed by atoms with Crippen molar-refractivity contribution in [2.24, 2.45) is 0 Å². The van der Waals surface area contributed by atoms with Crippen molar-refractivity contribution in [2.45, 2.75) is 16.7 Å². The summed E-state index contributed by atoms with van der Waals surface area (Å²) >= 11 is 0. The molecule has 0 bridgehead atoms. The highest BCUT2D eigenvalue weighted by Gasteiger charge is 2.24. The van der Waals surface area contributed by atoms with Crippen molar-refractivity contribution in [3.8, 4) is 11.5 Å². The zero-order valence-corrected chi connectivity index (χ0v) is 21.0. The molecule has 0 aliphatic rings. The van der Waals surface area contributed by atoms with Gasteiger partial charge in [-0.2, -0.15) is 0 Å². The molecule has 4 rings (SSSR count). The number of amides is 1. The summed E-state index contributed by atoms with van der Waals surface area (Å²) in [7, 11) is -7.16. The van der Waals surface area contributed by atoms with E-state index < -0.39 is 25.8 Å². The number of aromatic nitrogens is 2. The summed E-state index contributed by atoms with van der Waals surface area (Å²) in [5, 5.41) is 10.1. The molecule has 0 saturated carbocycles. The van der Waals surface area contributed by atoms with Crippen LogP contribution in [0.25, 0.3) is 11.5 Å². The third kappa shape index (κ3) is 5.29. The van der Waals surface area contributed by atoms with Gasteiger partial charge in [0.1, 0.15) is 0 Å². The third-order valence-electron chi connectivity index (χ3n) is 5.21. The molecule has 36 heavy (non-hydrogen) atoms. The van der Waals surface area contributed by atoms with Crippen LogP contribution in [0.1, 0.15) is 17.3 Å². The topological polar surface area (TPSA) is 140 Å². The van der Waals surface area contributed by atoms with Gasteiger partial charge in [-0.05, 0) is 67.6 Å². The van der Waals surface area contributed by atoms with Gasteiger partial charge in [0.25, 0.3) is 15.9 Å². The van der Waals surface area contributed by atoms with Gasteiger partial charge in [0.05, 0.1) is 15.5 Å². The zero-order chi connectivity index (χ0) is 25.9. The van der Waals surface area contributed by atoms with Crippen molar-refractivity contribution >= 4 is 37.5 Å². The minimum Gasteiger partial charge on any atom is -0.403 e. The minimum absolute atomic E-state index is 0.0439. The lowest BCUT2D eigenvalue weighted by Gasteiger charge is -2.22. The Hall–Kier alpha value is -4.03. The third-order valence-corrected chi connectivity index (χ3v) is 8.26. The van der Waals surface area contributed by atoms with Crippen molar-refractivity contribution in [1.82, 2.24) is 10.2 Å². The Morgan fingerprint density at radius 2 is 1.47 bits per heavy atom. The standard InChI is InChI=1S/C24H22N4O6S2/c1-3-28(19-7-5-4-6-8-19)36(32,33)21-15-9-17(10-16-21)22(29)25-24-27-26-23(34-24)18-11-13-20(14-12-18)35(2,30)31/h4-16H,3H2,1-2H3,(H,25,27,29). The van der Waals surface area contributed by atoms with Gasteiger partial charge in [0.2, 0.25) is 5.89 Å². The molecule has 0 atom stereocenters. The number of benzene rings is 3. The Morgan fingerprint density at radius 1 is 0.861 bits per heavy atom. The number of carbonyl (C=O) groups excluding carboxylic acids is 1. The van der Waals surface area contributed by atoms with Crippen LogP contribution in [0.2, 0.25) is 0 Å². The molecule has 0 spiro atoms. The van der Waals surface area contributed by atoms with E-state index in [0.717, 1.165) is 6.26 Å². The molecule has 3 aromatic carbocycles. The van der Waals surface area contributed by atoms with Gasteiger partial charge >= 0.3 is 6.01 Å². The molecule has 10 nitrogen and oxygen atoms in total. The summed E-state index contributed by atoms with van der Waals surface area (Å²) in [6, 6.07) is 19.9. The van der Waals surface area contributed by atoms with E-state index in [-0.39, 0.29) is 33.8 Å². The molecule has 0 unspecified atom stereocenters. The van der Waals surface area contributed by atoms with Crippen LogP contribution in [0.15, 0.2) is 93.1 Å². The predicted octanol–water partition coefficient (Wildman–Crippen LogP) is 3.61. The van der Waals surface area contributed by atoms with Crippen LogP contribution >= 0.6 is 0 Å². The van der Waals surface area contributed by atoms with Gasteiger partial charge in [-0.15, -0.1) is 5.10 Å². The summed E-state index contributed by atoms with van der Waals surface area (Å²) < 4.78 is 56.1. The lowest BCUT2D eigenvalue weighted by atomic mass is 10.2. The SMILES string of the molecule is CCN(c1ccccc1)S(=O)(=O)c1ccc(C(=O)Nc2nnc(-c3ccc(S(C)(=O)=O)cc3)o2)cc1. The Kier molecular flexibility index (Phi) is 6.91. The van der Waals surface area contributed by atoms with E-state index in [2.05, 4.69) is 15.5 Å². The Labute approximate surface area is 208 Å². The highest BCUT2D eigenvalue weighted by molar-refractivity contribution is 7.92. The lowest BCUT2D eigenvalue weighted by Crippen LogP contribution is -2.30. The molecule has 0 radical (unpaired) electrons. The number of nitrogens with one attached hydrogen (secondary N) is 1. The monoisotopic (exact) mass is 526 g/mol. The molecular weight excluding hydrogens is 504 g/mol. The van der Waals surface area contributed by atoms with Crippen molar-refractivity contribution in [3.63, 3.8) is 0 Å². The molecule has 1 heterocycles. The van der Waals surface area contributed by atoms with Crippen LogP contribution in [0.3, 0.4) is 0 Å². The number of hydrogen-bond acceptors (Lipinski definition) is 8. The fourth-order valence-corrected chi connectivity index (χ4v) is 5.50. The largest absolute Gasteiger partial charge is 0.403 e. The first-order chi connectivity index (χ1) is 17.1. The first kappa shape index (κ1) is 25.1. The molecular formula is C24H22N4O6S2. The average molecular weight is 527 g/mol. The second kappa shape index (κ2) is 9.91. The number of sulfone groups is 1. The number of sulfonamides is 1. The van der Waals surface area contributed by atoms with Gasteiger partial charge in [0, 0.05) is 23.9 Å². The number of anilines is 2. The molecule has 0 saturated heterocycles. The molecule has 186 valence electrons. The molecule has 1 aromatic heterocycles. The number of hydrogen-bond donors (Lipinski definition) is 1. The summed E-state index contributed by atoms with van der Waals surface area (Å²) in [5.74, 6) is -0.482. The first-order valence-electron chi connectivity index (χ1n) is 10.7. The molecule has 4 aromatic rings. The van der Waals surface area contributed by atoms with E-state index in [4.69, 9.17) is 4.42 Å². The predicted molar refractivity (Wildman–Crippen MR) is 134 cm³/mol. The maximum atomic E-state index is 13.1. The summed E-state index contributed by atoms with van der Waals surface area (Å²) in [4.78, 5) is 12.8. The quantitative estimate of drug-likeness (QED) is 0.367. The van der Waals surface area contributed by atoms with Crippen molar-refractivity contribution in [2.75, 3.05) is 22.4 Å². The van der Waals surface area contributed by atoms with Gasteiger partial charge in [0.15, 0.2) is 9.84 Å². The van der Waals surface area contributed by atoms with Gasteiger partial charge in [-0.1, -0.05) is 23.3 Å². The van der Waals surface area contributed by atoms with Crippen LogP contribution in [-0.2, 0) is 19.9 Å². The number of carbonyl (C=O) groups is 1. The van der Waals surface area contributed by atoms with E-state index in [9.17, 15) is 21.6 Å². The Bertz CT molecular complexity index is 1580. The van der Waals surface area contributed by atoms with Crippen molar-refractivity contribution < 1.29 is 26.0 Å². The summed E-state index contributed by atoms with van der Waals surface area (Å²) in [6.07, 6.45) is 1.10. The normalized spacial score (nSPS) is 11.7. The smallest absolute Gasteiger partial charge is 0.322 e. The fraction of sp³-hybridized carbons (Fsp3) is 0.125. The summed E-state index contributed by atoms with van der Waals surface area (Å²) in [6.45, 7) is 1.98. The summed E-state index contributed by atoms with van der Waals surface area (Å²) in [5.41, 5.74) is 1.21. The average Bonchev–Trinajstić information content (AvgIpc) is 3.33. The van der Waals surface area contributed by atoms with Crippen LogP contribution in [0, 0.1) is 0 Å². The van der Waals surface area contributed by atoms with Crippen LogP contribution in [-0.4, -0.2) is 45.7 Å². The van der Waals surface area contributed by atoms with E-state index in [0.29, 0.717) is 11.3 Å². The zero-order valence-electron chi connectivity index (χ0n) is 19.3. The minimum atomic E-state index is -3.82. The second-order valence-corrected chi connectivity index (χ2v) is 11.6. The number of rotatable bonds is 8. The Morgan fingerprint density at radius 3 is 2.06 bits per heavy atom. The first-order valence-corrected chi connectivity index (χ1v) is 14.1. The van der Waals surface area contributed by atoms with Crippen LogP contribution < -0.4 is 9.62 Å². The maximum absolute atomic E-state index is 13.1. The highest BCUT2D eigenvalue weighted by Crippen LogP contribution is 2.24. The van der Waals surface area contributed by atoms with Crippen LogP contribution in [0.4, 0.5) is 11.7 Å². The molecule has 0 aliphatic heterocycles. The molecule has 0 aliphatic carbocycles. The van der Waals surface area contributed by atoms with Gasteiger partial charge in [-0.3, -0.25) is 14.4 Å². The molecule has 0 fully saturated rings. The number of nitrogens with zero attached hydrogens (tertiary/aromatic N) is 3. The fourth-order valence-electron chi connectivity index (χ4n) is 3.40. The van der Waals surface area contributed by atoms with E-state index in [1.54, 1.807) is 37.3 Å². The maximum Gasteiger partial charge on any atom is 0.322 e. The highest BCUT2D eigenvalue weighted by atomic mass is 32.2. The van der Waals surface area contributed by atoms with Crippen molar-refractivity contribution in [3.05, 3.63) is 84.4 Å². The molecule has 1 amide bonds. The van der Waals surface area contributed by atoms with Crippen molar-refractivity contribution in [1.29, 1.82) is 0 Å².